The number of carbonyl (C=O) groups excluding carboxylic acids is 8. The highest BCUT2D eigenvalue weighted by molar-refractivity contribution is 6.35. The largest absolute Gasteiger partial charge is 0.495 e. The fourth-order valence-electron chi connectivity index (χ4n) is 11.2. The number of Topliss-reactive ketones (excluding diaryl/α,β-unsaturated/α-hetero) is 2. The van der Waals surface area contributed by atoms with Gasteiger partial charge < -0.3 is 54.8 Å². The second-order valence-corrected chi connectivity index (χ2v) is 24.9. The van der Waals surface area contributed by atoms with Gasteiger partial charge in [0.25, 0.3) is 0 Å². The van der Waals surface area contributed by atoms with E-state index in [1.807, 2.05) is 54.5 Å². The molecular formula is C63H89Cl2N5O15. The Bertz CT molecular complexity index is 2800. The van der Waals surface area contributed by atoms with Crippen molar-refractivity contribution in [2.24, 2.45) is 29.4 Å². The van der Waals surface area contributed by atoms with E-state index >= 15 is 0 Å². The van der Waals surface area contributed by atoms with E-state index in [9.17, 15) is 43.5 Å². The molecule has 9 atom stereocenters. The molecule has 2 aromatic rings. The second-order valence-electron chi connectivity index (χ2n) is 24.1. The number of urea groups is 1. The van der Waals surface area contributed by atoms with Crippen LogP contribution in [0.4, 0.5) is 21.0 Å². The fraction of sp³-hybridized carbons (Fsp3) is 0.619. The lowest BCUT2D eigenvalue weighted by molar-refractivity contribution is -0.187. The average molecular weight is 1230 g/mol. The zero-order valence-corrected chi connectivity index (χ0v) is 52.9. The number of unbranched alkanes of at least 4 members (excludes halogenated alkanes) is 1. The molecule has 20 nitrogen and oxygen atoms in total. The number of hydrogen-bond donors (Lipinski definition) is 5. The number of fused-ring (bicyclic) bond motifs is 5. The molecule has 3 heterocycles. The van der Waals surface area contributed by atoms with Crippen molar-refractivity contribution in [2.45, 2.75) is 199 Å². The van der Waals surface area contributed by atoms with Crippen LogP contribution in [0.25, 0.3) is 0 Å². The van der Waals surface area contributed by atoms with Crippen LogP contribution in [0, 0.1) is 23.7 Å². The van der Waals surface area contributed by atoms with Gasteiger partial charge in [0.1, 0.15) is 51.7 Å². The van der Waals surface area contributed by atoms with Gasteiger partial charge >= 0.3 is 24.1 Å². The minimum Gasteiger partial charge on any atom is -0.495 e. The SMILES string of the molecule is CCC(CC)C(=O)OC(C)(C)CCCCC(=O)C[C@H](C(=O)N[C@@H](CCCNC(N)=O)C(=O)Cc1ccc(NC(=O)O[C@H]2CC(=O)N(C)c3cc(cc(OC)c3Cl)C/C(C)=C/C=C/[C@@H](OC)[C@]3(O)CC(=O)O[C@@H](C3)[C@@H](C)[C@@H]3O[C@@]23C)c(Cl)c1)C(C)C. The summed E-state index contributed by atoms with van der Waals surface area (Å²) >= 11 is 13.6. The van der Waals surface area contributed by atoms with Crippen molar-refractivity contribution in [3.63, 3.8) is 0 Å². The summed E-state index contributed by atoms with van der Waals surface area (Å²) in [6.07, 6.45) is 3.74. The number of esters is 2. The lowest BCUT2D eigenvalue weighted by Crippen LogP contribution is -2.53. The number of nitrogens with two attached hydrogens (primary N) is 1. The molecule has 3 aliphatic rings. The molecule has 22 heteroatoms. The molecule has 5 amide bonds. The predicted molar refractivity (Wildman–Crippen MR) is 323 cm³/mol. The van der Waals surface area contributed by atoms with Crippen LogP contribution >= 0.6 is 23.2 Å². The van der Waals surface area contributed by atoms with E-state index in [0.717, 1.165) is 11.1 Å². The summed E-state index contributed by atoms with van der Waals surface area (Å²) in [5, 5.41) is 20.3. The van der Waals surface area contributed by atoms with Gasteiger partial charge in [0.2, 0.25) is 11.8 Å². The van der Waals surface area contributed by atoms with Gasteiger partial charge in [0.15, 0.2) is 5.78 Å². The highest BCUT2D eigenvalue weighted by Gasteiger charge is 2.64. The zero-order chi connectivity index (χ0) is 63.1. The van der Waals surface area contributed by atoms with E-state index in [1.54, 1.807) is 51.2 Å². The van der Waals surface area contributed by atoms with E-state index in [4.69, 9.17) is 57.4 Å². The number of rotatable bonds is 25. The summed E-state index contributed by atoms with van der Waals surface area (Å²) in [6.45, 7) is 16.8. The van der Waals surface area contributed by atoms with E-state index in [0.29, 0.717) is 55.5 Å². The maximum absolute atomic E-state index is 14.5. The van der Waals surface area contributed by atoms with Gasteiger partial charge in [-0.15, -0.1) is 0 Å². The summed E-state index contributed by atoms with van der Waals surface area (Å²) in [4.78, 5) is 109. The van der Waals surface area contributed by atoms with Crippen LogP contribution in [0.2, 0.25) is 10.0 Å². The van der Waals surface area contributed by atoms with Gasteiger partial charge in [0, 0.05) is 58.2 Å². The standard InChI is InChI=1S/C63H89Cl2N5O15/c1-13-41(14-2)58(76)85-61(7,8)25-16-15-20-42(71)32-43(36(3)4)57(75)68-46(21-18-26-67-59(66)77)48(72)30-39-23-24-45(44(64)28-39)69-60(78)83-52-33-53(73)70(10)47-29-40(31-49(80-11)55(47)65)27-37(5)19-17-22-51(81-12)63(79)34-50(82-54(74)35-63)38(6)56-62(52,9)84-56/h17,19,22-24,28-29,31,36,38,41,43,46,50-52,56,79H,13-16,18,20-21,25-27,30,32-35H2,1-12H3,(H,68,75)(H,69,78)(H3,66,67,77)/b22-17+,37-19+/t38-,43+,46+,50+,51-,52+,56+,62+,63-/m1/s1. The Hall–Kier alpha value is -6.06. The summed E-state index contributed by atoms with van der Waals surface area (Å²) in [5.41, 5.74) is 4.16. The molecule has 2 saturated heterocycles. The first kappa shape index (κ1) is 69.7. The summed E-state index contributed by atoms with van der Waals surface area (Å²) in [7, 11) is 4.45. The summed E-state index contributed by atoms with van der Waals surface area (Å²) < 4.78 is 35.4. The van der Waals surface area contributed by atoms with Crippen molar-refractivity contribution in [2.75, 3.05) is 38.0 Å². The van der Waals surface area contributed by atoms with Crippen molar-refractivity contribution in [1.29, 1.82) is 0 Å². The first-order chi connectivity index (χ1) is 40.0. The number of ketones is 2. The number of allylic oxidation sites excluding steroid dienone is 3. The minimum atomic E-state index is -1.65. The lowest BCUT2D eigenvalue weighted by Gasteiger charge is -2.41. The number of epoxide rings is 1. The van der Waals surface area contributed by atoms with E-state index in [2.05, 4.69) is 16.0 Å². The van der Waals surface area contributed by atoms with Crippen LogP contribution in [0.3, 0.4) is 0 Å². The number of nitrogens with zero attached hydrogens (tertiary/aromatic N) is 1. The maximum Gasteiger partial charge on any atom is 0.412 e. The highest BCUT2D eigenvalue weighted by atomic mass is 35.5. The molecule has 470 valence electrons. The first-order valence-electron chi connectivity index (χ1n) is 29.4. The van der Waals surface area contributed by atoms with Crippen molar-refractivity contribution in [1.82, 2.24) is 10.6 Å². The van der Waals surface area contributed by atoms with E-state index < -0.39 is 95.4 Å². The Morgan fingerprint density at radius 2 is 1.72 bits per heavy atom. The molecular weight excluding hydrogens is 1140 g/mol. The Kier molecular flexibility index (Phi) is 25.4. The fourth-order valence-corrected chi connectivity index (χ4v) is 11.8. The number of benzene rings is 2. The van der Waals surface area contributed by atoms with Crippen LogP contribution in [0.5, 0.6) is 5.75 Å². The molecule has 6 N–H and O–H groups in total. The predicted octanol–water partition coefficient (Wildman–Crippen LogP) is 9.87. The number of amides is 5. The third-order valence-electron chi connectivity index (χ3n) is 16.5. The minimum absolute atomic E-state index is 0.00759. The normalized spacial score (nSPS) is 24.4. The van der Waals surface area contributed by atoms with Crippen molar-refractivity contribution >= 4 is 82.0 Å². The van der Waals surface area contributed by atoms with Crippen molar-refractivity contribution in [3.05, 3.63) is 75.3 Å². The van der Waals surface area contributed by atoms with Crippen LogP contribution in [-0.2, 0) is 65.3 Å². The quantitative estimate of drug-likeness (QED) is 0.0268. The van der Waals surface area contributed by atoms with Gasteiger partial charge in [-0.05, 0) is 120 Å². The van der Waals surface area contributed by atoms with Crippen molar-refractivity contribution in [3.8, 4) is 5.75 Å². The molecule has 0 unspecified atom stereocenters. The second kappa shape index (κ2) is 31.0. The number of ether oxygens (including phenoxy) is 6. The van der Waals surface area contributed by atoms with Crippen molar-refractivity contribution < 1.29 is 71.9 Å². The molecule has 5 rings (SSSR count). The number of primary amides is 1. The van der Waals surface area contributed by atoms with Crippen LogP contribution in [0.15, 0.2) is 54.1 Å². The Balaban J connectivity index is 1.32. The van der Waals surface area contributed by atoms with E-state index in [1.165, 1.54) is 31.3 Å². The zero-order valence-electron chi connectivity index (χ0n) is 51.4. The Morgan fingerprint density at radius 1 is 1.01 bits per heavy atom. The number of aliphatic hydroxyl groups is 1. The monoisotopic (exact) mass is 1230 g/mol. The molecule has 0 spiro atoms. The summed E-state index contributed by atoms with van der Waals surface area (Å²) in [5.74, 6) is -3.75. The van der Waals surface area contributed by atoms with Gasteiger partial charge in [-0.3, -0.25) is 34.1 Å². The maximum atomic E-state index is 14.5. The third-order valence-corrected chi connectivity index (χ3v) is 17.2. The molecule has 3 aliphatic heterocycles. The smallest absolute Gasteiger partial charge is 0.412 e. The van der Waals surface area contributed by atoms with Crippen LogP contribution in [0.1, 0.15) is 150 Å². The number of hydrogen-bond acceptors (Lipinski definition) is 15. The van der Waals surface area contributed by atoms with Gasteiger partial charge in [0.05, 0.1) is 54.4 Å². The number of nitrogens with one attached hydrogen (secondary N) is 3. The molecule has 0 saturated carbocycles. The number of methoxy groups -OCH3 is 2. The van der Waals surface area contributed by atoms with E-state index in [-0.39, 0.29) is 96.6 Å². The number of halogens is 2. The van der Waals surface area contributed by atoms with Gasteiger partial charge in [-0.25, -0.2) is 9.59 Å². The van der Waals surface area contributed by atoms with Gasteiger partial charge in [-0.1, -0.05) is 87.7 Å². The highest BCUT2D eigenvalue weighted by Crippen LogP contribution is 2.50. The molecule has 4 bridgehead atoms. The number of carbonyl (C=O) groups is 8. The molecule has 85 heavy (non-hydrogen) atoms. The molecule has 0 aliphatic carbocycles. The summed E-state index contributed by atoms with van der Waals surface area (Å²) in [6, 6.07) is 6.29. The van der Waals surface area contributed by atoms with Crippen LogP contribution < -0.4 is 31.3 Å². The third kappa shape index (κ3) is 19.5. The lowest BCUT2D eigenvalue weighted by atomic mass is 9.78. The molecule has 2 fully saturated rings. The molecule has 2 aromatic carbocycles. The number of anilines is 2. The molecule has 0 radical (unpaired) electrons. The average Bonchev–Trinajstić information content (AvgIpc) is 1.65. The first-order valence-corrected chi connectivity index (χ1v) is 30.2. The topological polar surface area (TPSA) is 281 Å². The Morgan fingerprint density at radius 3 is 2.35 bits per heavy atom. The van der Waals surface area contributed by atoms with Gasteiger partial charge in [-0.2, -0.15) is 0 Å². The molecule has 0 aromatic heterocycles. The Labute approximate surface area is 510 Å². The van der Waals surface area contributed by atoms with Crippen LogP contribution in [-0.4, -0.2) is 128 Å².